The van der Waals surface area contributed by atoms with Crippen LogP contribution in [0, 0.1) is 0 Å². The standard InChI is InChI=1S/C13H16BrNO4/c1-13(2,19-3)7-11(16)15-10-6-8(14)4-5-9(10)12(17)18/h4-6H,7H2,1-3H3,(H,15,16)(H,17,18). The number of carboxylic acid groups (broad SMARTS) is 1. The minimum atomic E-state index is -1.09. The van der Waals surface area contributed by atoms with Crippen LogP contribution in [-0.2, 0) is 9.53 Å². The van der Waals surface area contributed by atoms with Gasteiger partial charge < -0.3 is 15.2 Å². The number of hydrogen-bond acceptors (Lipinski definition) is 3. The predicted octanol–water partition coefficient (Wildman–Crippen LogP) is 2.90. The zero-order valence-corrected chi connectivity index (χ0v) is 12.6. The average molecular weight is 330 g/mol. The van der Waals surface area contributed by atoms with Crippen LogP contribution in [0.1, 0.15) is 30.6 Å². The van der Waals surface area contributed by atoms with E-state index in [-0.39, 0.29) is 23.6 Å². The van der Waals surface area contributed by atoms with Gasteiger partial charge in [-0.1, -0.05) is 15.9 Å². The van der Waals surface area contributed by atoms with Gasteiger partial charge in [0.15, 0.2) is 0 Å². The second-order valence-electron chi connectivity index (χ2n) is 4.68. The van der Waals surface area contributed by atoms with E-state index >= 15 is 0 Å². The topological polar surface area (TPSA) is 75.6 Å². The van der Waals surface area contributed by atoms with Crippen LogP contribution in [0.25, 0.3) is 0 Å². The third-order valence-corrected chi connectivity index (χ3v) is 3.12. The number of anilines is 1. The van der Waals surface area contributed by atoms with Gasteiger partial charge in [-0.25, -0.2) is 4.79 Å². The fourth-order valence-electron chi connectivity index (χ4n) is 1.46. The molecule has 1 aromatic carbocycles. The molecule has 0 aliphatic rings. The number of aromatic carboxylic acids is 1. The number of amides is 1. The first-order valence-corrected chi connectivity index (χ1v) is 6.42. The Morgan fingerprint density at radius 2 is 2.05 bits per heavy atom. The first kappa shape index (κ1) is 15.7. The molecule has 0 aliphatic carbocycles. The first-order valence-electron chi connectivity index (χ1n) is 5.63. The number of benzene rings is 1. The molecule has 0 saturated heterocycles. The van der Waals surface area contributed by atoms with E-state index in [1.807, 2.05) is 0 Å². The number of hydrogen-bond donors (Lipinski definition) is 2. The Kier molecular flexibility index (Phi) is 5.08. The van der Waals surface area contributed by atoms with Crippen LogP contribution >= 0.6 is 15.9 Å². The summed E-state index contributed by atoms with van der Waals surface area (Å²) in [7, 11) is 1.52. The summed E-state index contributed by atoms with van der Waals surface area (Å²) >= 11 is 3.24. The van der Waals surface area contributed by atoms with E-state index in [4.69, 9.17) is 9.84 Å². The fraction of sp³-hybridized carbons (Fsp3) is 0.385. The Morgan fingerprint density at radius 3 is 2.58 bits per heavy atom. The van der Waals surface area contributed by atoms with Crippen molar-refractivity contribution in [2.45, 2.75) is 25.9 Å². The lowest BCUT2D eigenvalue weighted by atomic mass is 10.0. The summed E-state index contributed by atoms with van der Waals surface area (Å²) in [4.78, 5) is 22.9. The highest BCUT2D eigenvalue weighted by molar-refractivity contribution is 9.10. The zero-order valence-electron chi connectivity index (χ0n) is 11.0. The third-order valence-electron chi connectivity index (χ3n) is 2.62. The minimum Gasteiger partial charge on any atom is -0.478 e. The lowest BCUT2D eigenvalue weighted by Crippen LogP contribution is -2.29. The van der Waals surface area contributed by atoms with Crippen molar-refractivity contribution in [1.29, 1.82) is 0 Å². The Bertz CT molecular complexity index is 499. The van der Waals surface area contributed by atoms with Gasteiger partial charge >= 0.3 is 5.97 Å². The fourth-order valence-corrected chi connectivity index (χ4v) is 1.82. The Morgan fingerprint density at radius 1 is 1.42 bits per heavy atom. The molecule has 104 valence electrons. The van der Waals surface area contributed by atoms with E-state index in [1.165, 1.54) is 13.2 Å². The van der Waals surface area contributed by atoms with E-state index in [0.29, 0.717) is 4.47 Å². The average Bonchev–Trinajstić information content (AvgIpc) is 2.27. The maximum absolute atomic E-state index is 11.9. The molecular weight excluding hydrogens is 314 g/mol. The summed E-state index contributed by atoms with van der Waals surface area (Å²) in [6, 6.07) is 4.60. The molecule has 5 nitrogen and oxygen atoms in total. The molecule has 1 amide bonds. The van der Waals surface area contributed by atoms with E-state index in [0.717, 1.165) is 0 Å². The van der Waals surface area contributed by atoms with E-state index in [1.54, 1.807) is 26.0 Å². The van der Waals surface area contributed by atoms with Gasteiger partial charge in [-0.3, -0.25) is 4.79 Å². The van der Waals surface area contributed by atoms with Crippen molar-refractivity contribution < 1.29 is 19.4 Å². The lowest BCUT2D eigenvalue weighted by molar-refractivity contribution is -0.121. The van der Waals surface area contributed by atoms with E-state index < -0.39 is 11.6 Å². The third kappa shape index (κ3) is 4.65. The highest BCUT2D eigenvalue weighted by Gasteiger charge is 2.22. The number of carbonyl (C=O) groups is 2. The Balaban J connectivity index is 2.90. The normalized spacial score (nSPS) is 11.2. The van der Waals surface area contributed by atoms with Gasteiger partial charge in [0.25, 0.3) is 0 Å². The summed E-state index contributed by atoms with van der Waals surface area (Å²) in [5.41, 5.74) is -0.287. The van der Waals surface area contributed by atoms with E-state index in [2.05, 4.69) is 21.2 Å². The highest BCUT2D eigenvalue weighted by Crippen LogP contribution is 2.23. The van der Waals surface area contributed by atoms with Gasteiger partial charge in [-0.05, 0) is 32.0 Å². The Labute approximate surface area is 120 Å². The molecule has 0 bridgehead atoms. The molecule has 19 heavy (non-hydrogen) atoms. The lowest BCUT2D eigenvalue weighted by Gasteiger charge is -2.22. The molecular formula is C13H16BrNO4. The molecule has 0 saturated carbocycles. The van der Waals surface area contributed by atoms with Crippen LogP contribution in [-0.4, -0.2) is 29.7 Å². The second kappa shape index (κ2) is 6.16. The molecule has 6 heteroatoms. The van der Waals surface area contributed by atoms with Crippen LogP contribution in [0.4, 0.5) is 5.69 Å². The highest BCUT2D eigenvalue weighted by atomic mass is 79.9. The monoisotopic (exact) mass is 329 g/mol. The van der Waals surface area contributed by atoms with Gasteiger partial charge in [0, 0.05) is 11.6 Å². The maximum Gasteiger partial charge on any atom is 0.337 e. The van der Waals surface area contributed by atoms with Gasteiger partial charge in [0.1, 0.15) is 0 Å². The van der Waals surface area contributed by atoms with Crippen molar-refractivity contribution in [2.75, 3.05) is 12.4 Å². The summed E-state index contributed by atoms with van der Waals surface area (Å²) in [5.74, 6) is -1.39. The SMILES string of the molecule is COC(C)(C)CC(=O)Nc1cc(Br)ccc1C(=O)O. The van der Waals surface area contributed by atoms with Gasteiger partial charge in [0.2, 0.25) is 5.91 Å². The van der Waals surface area contributed by atoms with Crippen LogP contribution in [0.15, 0.2) is 22.7 Å². The quantitative estimate of drug-likeness (QED) is 0.870. The number of rotatable bonds is 5. The number of carboxylic acids is 1. The van der Waals surface area contributed by atoms with Crippen LogP contribution in [0.3, 0.4) is 0 Å². The molecule has 0 spiro atoms. The van der Waals surface area contributed by atoms with Gasteiger partial charge in [0.05, 0.1) is 23.3 Å². The predicted molar refractivity (Wildman–Crippen MR) is 75.4 cm³/mol. The molecule has 0 atom stereocenters. The maximum atomic E-state index is 11.9. The van der Waals surface area contributed by atoms with Gasteiger partial charge in [-0.15, -0.1) is 0 Å². The number of ether oxygens (including phenoxy) is 1. The largest absolute Gasteiger partial charge is 0.478 e. The smallest absolute Gasteiger partial charge is 0.337 e. The van der Waals surface area contributed by atoms with Crippen molar-refractivity contribution in [3.05, 3.63) is 28.2 Å². The van der Waals surface area contributed by atoms with Crippen molar-refractivity contribution in [2.24, 2.45) is 0 Å². The second-order valence-corrected chi connectivity index (χ2v) is 5.60. The van der Waals surface area contributed by atoms with Crippen LogP contribution in [0.2, 0.25) is 0 Å². The molecule has 0 aliphatic heterocycles. The van der Waals surface area contributed by atoms with E-state index in [9.17, 15) is 9.59 Å². The Hall–Kier alpha value is -1.40. The zero-order chi connectivity index (χ0) is 14.6. The molecule has 1 rings (SSSR count). The molecule has 0 unspecified atom stereocenters. The van der Waals surface area contributed by atoms with Crippen LogP contribution in [0.5, 0.6) is 0 Å². The summed E-state index contributed by atoms with van der Waals surface area (Å²) in [6.45, 7) is 3.57. The summed E-state index contributed by atoms with van der Waals surface area (Å²) in [5, 5.41) is 11.7. The number of halogens is 1. The summed E-state index contributed by atoms with van der Waals surface area (Å²) < 4.78 is 5.85. The molecule has 0 aromatic heterocycles. The first-order chi connectivity index (χ1) is 8.75. The minimum absolute atomic E-state index is 0.0479. The van der Waals surface area contributed by atoms with Crippen molar-refractivity contribution >= 4 is 33.5 Å². The van der Waals surface area contributed by atoms with Crippen molar-refractivity contribution in [3.8, 4) is 0 Å². The molecule has 1 aromatic rings. The number of methoxy groups -OCH3 is 1. The number of nitrogens with one attached hydrogen (secondary N) is 1. The van der Waals surface area contributed by atoms with Gasteiger partial charge in [-0.2, -0.15) is 0 Å². The number of carbonyl (C=O) groups excluding carboxylic acids is 1. The molecule has 0 heterocycles. The molecule has 2 N–H and O–H groups in total. The van der Waals surface area contributed by atoms with Crippen molar-refractivity contribution in [3.63, 3.8) is 0 Å². The summed E-state index contributed by atoms with van der Waals surface area (Å²) in [6.07, 6.45) is 0.134. The van der Waals surface area contributed by atoms with Crippen LogP contribution < -0.4 is 5.32 Å². The molecule has 0 radical (unpaired) electrons. The molecule has 0 fully saturated rings. The van der Waals surface area contributed by atoms with Crippen molar-refractivity contribution in [1.82, 2.24) is 0 Å².